The van der Waals surface area contributed by atoms with Crippen molar-refractivity contribution in [1.82, 2.24) is 4.90 Å². The molecule has 1 aromatic rings. The molecule has 94 valence electrons. The first-order valence-electron chi connectivity index (χ1n) is 6.60. The summed E-state index contributed by atoms with van der Waals surface area (Å²) in [5.74, 6) is 0. The van der Waals surface area contributed by atoms with Crippen molar-refractivity contribution in [2.45, 2.75) is 51.2 Å². The molecule has 1 heterocycles. The van der Waals surface area contributed by atoms with Gasteiger partial charge in [0.15, 0.2) is 0 Å². The Morgan fingerprint density at radius 2 is 1.94 bits per heavy atom. The van der Waals surface area contributed by atoms with Crippen LogP contribution >= 0.6 is 0 Å². The van der Waals surface area contributed by atoms with E-state index in [1.807, 2.05) is 6.07 Å². The smallest absolute Gasteiger partial charge is 0.0476 e. The predicted octanol–water partition coefficient (Wildman–Crippen LogP) is 2.95. The molecule has 2 N–H and O–H groups in total. The summed E-state index contributed by atoms with van der Waals surface area (Å²) in [6.07, 6.45) is 2.59. The molecule has 0 spiro atoms. The van der Waals surface area contributed by atoms with Gasteiger partial charge in [0.25, 0.3) is 0 Å². The van der Waals surface area contributed by atoms with Gasteiger partial charge in [-0.3, -0.25) is 4.90 Å². The lowest BCUT2D eigenvalue weighted by atomic mass is 9.87. The van der Waals surface area contributed by atoms with Gasteiger partial charge in [0.2, 0.25) is 0 Å². The van der Waals surface area contributed by atoms with Crippen molar-refractivity contribution >= 4 is 0 Å². The highest BCUT2D eigenvalue weighted by Crippen LogP contribution is 2.34. The molecule has 0 aliphatic carbocycles. The first-order valence-corrected chi connectivity index (χ1v) is 6.60. The maximum absolute atomic E-state index is 6.47. The van der Waals surface area contributed by atoms with Crippen LogP contribution in [0.4, 0.5) is 0 Å². The third-order valence-electron chi connectivity index (χ3n) is 4.21. The first kappa shape index (κ1) is 12.6. The van der Waals surface area contributed by atoms with E-state index in [-0.39, 0.29) is 11.6 Å². The molecule has 2 atom stereocenters. The summed E-state index contributed by atoms with van der Waals surface area (Å²) in [5.41, 5.74) is 7.73. The van der Waals surface area contributed by atoms with Crippen molar-refractivity contribution in [3.05, 3.63) is 35.9 Å². The van der Waals surface area contributed by atoms with E-state index in [4.69, 9.17) is 5.73 Å². The number of likely N-dealkylation sites (tertiary alicyclic amines) is 1. The minimum absolute atomic E-state index is 0.0251. The molecule has 1 fully saturated rings. The van der Waals surface area contributed by atoms with Crippen LogP contribution in [0.25, 0.3) is 0 Å². The average Bonchev–Trinajstić information content (AvgIpc) is 2.76. The highest BCUT2D eigenvalue weighted by Gasteiger charge is 2.38. The monoisotopic (exact) mass is 232 g/mol. The number of hydrogen-bond acceptors (Lipinski definition) is 2. The Morgan fingerprint density at radius 1 is 1.29 bits per heavy atom. The summed E-state index contributed by atoms with van der Waals surface area (Å²) >= 11 is 0. The molecule has 2 heteroatoms. The zero-order valence-corrected chi connectivity index (χ0v) is 11.2. The minimum Gasteiger partial charge on any atom is -0.322 e. The molecule has 1 aromatic carbocycles. The predicted molar refractivity (Wildman–Crippen MR) is 72.9 cm³/mol. The standard InChI is InChI=1S/C15H24N2/c1-12-8-7-11-17(12)15(2,3)14(16)13-9-5-4-6-10-13/h4-6,9-10,12,14H,7-8,11,16H2,1-3H3/t12-,14+/m0/s1. The quantitative estimate of drug-likeness (QED) is 0.868. The molecule has 1 saturated heterocycles. The number of benzene rings is 1. The Balaban J connectivity index is 2.20. The second kappa shape index (κ2) is 4.79. The van der Waals surface area contributed by atoms with E-state index in [0.29, 0.717) is 6.04 Å². The van der Waals surface area contributed by atoms with Crippen molar-refractivity contribution in [3.8, 4) is 0 Å². The number of rotatable bonds is 3. The normalized spacial score (nSPS) is 23.9. The second-order valence-electron chi connectivity index (χ2n) is 5.73. The second-order valence-corrected chi connectivity index (χ2v) is 5.73. The van der Waals surface area contributed by atoms with Gasteiger partial charge in [0, 0.05) is 17.6 Å². The van der Waals surface area contributed by atoms with Gasteiger partial charge in [-0.15, -0.1) is 0 Å². The fraction of sp³-hybridized carbons (Fsp3) is 0.600. The van der Waals surface area contributed by atoms with E-state index < -0.39 is 0 Å². The summed E-state index contributed by atoms with van der Waals surface area (Å²) in [6, 6.07) is 11.2. The van der Waals surface area contributed by atoms with Crippen molar-refractivity contribution in [2.24, 2.45) is 5.73 Å². The fourth-order valence-electron chi connectivity index (χ4n) is 3.04. The number of hydrogen-bond donors (Lipinski definition) is 1. The van der Waals surface area contributed by atoms with Crippen LogP contribution in [0.2, 0.25) is 0 Å². The molecular weight excluding hydrogens is 208 g/mol. The lowest BCUT2D eigenvalue weighted by Gasteiger charge is -2.43. The lowest BCUT2D eigenvalue weighted by molar-refractivity contribution is 0.0876. The summed E-state index contributed by atoms with van der Waals surface area (Å²) in [4.78, 5) is 2.56. The van der Waals surface area contributed by atoms with Gasteiger partial charge in [0.1, 0.15) is 0 Å². The zero-order chi connectivity index (χ0) is 12.5. The van der Waals surface area contributed by atoms with Crippen LogP contribution in [0.3, 0.4) is 0 Å². The van der Waals surface area contributed by atoms with Gasteiger partial charge in [0.05, 0.1) is 0 Å². The minimum atomic E-state index is 0.0251. The molecule has 1 aliphatic heterocycles. The fourth-order valence-corrected chi connectivity index (χ4v) is 3.04. The van der Waals surface area contributed by atoms with Gasteiger partial charge in [-0.2, -0.15) is 0 Å². The average molecular weight is 232 g/mol. The van der Waals surface area contributed by atoms with Crippen molar-refractivity contribution in [2.75, 3.05) is 6.54 Å². The SMILES string of the molecule is C[C@H]1CCCN1C(C)(C)[C@H](N)c1ccccc1. The molecule has 0 amide bonds. The zero-order valence-electron chi connectivity index (χ0n) is 11.2. The van der Waals surface area contributed by atoms with Crippen LogP contribution in [-0.2, 0) is 0 Å². The lowest BCUT2D eigenvalue weighted by Crippen LogP contribution is -2.52. The molecule has 0 radical (unpaired) electrons. The van der Waals surface area contributed by atoms with E-state index in [1.54, 1.807) is 0 Å². The molecule has 0 bridgehead atoms. The number of nitrogens with zero attached hydrogens (tertiary/aromatic N) is 1. The van der Waals surface area contributed by atoms with Gasteiger partial charge in [-0.1, -0.05) is 30.3 Å². The van der Waals surface area contributed by atoms with E-state index in [1.165, 1.54) is 24.9 Å². The van der Waals surface area contributed by atoms with Crippen LogP contribution in [0, 0.1) is 0 Å². The van der Waals surface area contributed by atoms with Crippen LogP contribution < -0.4 is 5.73 Å². The van der Waals surface area contributed by atoms with Crippen LogP contribution in [0.15, 0.2) is 30.3 Å². The third-order valence-corrected chi connectivity index (χ3v) is 4.21. The summed E-state index contributed by atoms with van der Waals surface area (Å²) in [6.45, 7) is 8.03. The summed E-state index contributed by atoms with van der Waals surface area (Å²) in [5, 5.41) is 0. The Labute approximate surface area is 105 Å². The van der Waals surface area contributed by atoms with Gasteiger partial charge >= 0.3 is 0 Å². The van der Waals surface area contributed by atoms with E-state index in [0.717, 1.165) is 0 Å². The maximum Gasteiger partial charge on any atom is 0.0476 e. The third kappa shape index (κ3) is 2.38. The van der Waals surface area contributed by atoms with Crippen molar-refractivity contribution < 1.29 is 0 Å². The number of nitrogens with two attached hydrogens (primary N) is 1. The topological polar surface area (TPSA) is 29.3 Å². The Hall–Kier alpha value is -0.860. The van der Waals surface area contributed by atoms with Crippen molar-refractivity contribution in [3.63, 3.8) is 0 Å². The van der Waals surface area contributed by atoms with Crippen LogP contribution in [0.1, 0.15) is 45.2 Å². The van der Waals surface area contributed by atoms with Gasteiger partial charge in [-0.25, -0.2) is 0 Å². The molecule has 2 rings (SSSR count). The van der Waals surface area contributed by atoms with E-state index in [2.05, 4.69) is 49.9 Å². The van der Waals surface area contributed by atoms with E-state index >= 15 is 0 Å². The molecule has 0 unspecified atom stereocenters. The first-order chi connectivity index (χ1) is 8.03. The molecule has 17 heavy (non-hydrogen) atoms. The van der Waals surface area contributed by atoms with Crippen LogP contribution in [-0.4, -0.2) is 23.0 Å². The van der Waals surface area contributed by atoms with Crippen molar-refractivity contribution in [1.29, 1.82) is 0 Å². The molecule has 0 saturated carbocycles. The Kier molecular flexibility index (Phi) is 3.55. The van der Waals surface area contributed by atoms with Gasteiger partial charge < -0.3 is 5.73 Å². The Morgan fingerprint density at radius 3 is 2.47 bits per heavy atom. The summed E-state index contributed by atoms with van der Waals surface area (Å²) in [7, 11) is 0. The maximum atomic E-state index is 6.47. The highest BCUT2D eigenvalue weighted by atomic mass is 15.2. The molecule has 1 aliphatic rings. The molecule has 0 aromatic heterocycles. The molecular formula is C15H24N2. The Bertz CT molecular complexity index is 358. The molecule has 2 nitrogen and oxygen atoms in total. The largest absolute Gasteiger partial charge is 0.322 e. The highest BCUT2D eigenvalue weighted by molar-refractivity contribution is 5.22. The van der Waals surface area contributed by atoms with Gasteiger partial charge in [-0.05, 0) is 45.7 Å². The van der Waals surface area contributed by atoms with Crippen LogP contribution in [0.5, 0.6) is 0 Å². The summed E-state index contributed by atoms with van der Waals surface area (Å²) < 4.78 is 0. The van der Waals surface area contributed by atoms with E-state index in [9.17, 15) is 0 Å².